The van der Waals surface area contributed by atoms with E-state index in [4.69, 9.17) is 9.47 Å². The first-order valence-electron chi connectivity index (χ1n) is 19.4. The molecule has 10 heteroatoms. The largest absolute Gasteiger partial charge is 0.392 e. The van der Waals surface area contributed by atoms with Crippen LogP contribution < -0.4 is 10.0 Å². The molecule has 0 spiro atoms. The first kappa shape index (κ1) is 41.1. The van der Waals surface area contributed by atoms with Crippen LogP contribution in [0.25, 0.3) is 11.1 Å². The lowest BCUT2D eigenvalue weighted by atomic mass is 9.91. The molecule has 5 atom stereocenters. The van der Waals surface area contributed by atoms with Crippen molar-refractivity contribution >= 4 is 27.7 Å². The zero-order valence-electron chi connectivity index (χ0n) is 32.5. The maximum atomic E-state index is 13.7. The Morgan fingerprint density at radius 1 is 0.724 bits per heavy atom. The number of ether oxygens (including phenoxy) is 2. The molecule has 1 saturated heterocycles. The molecule has 6 aromatic carbocycles. The predicted molar refractivity (Wildman–Crippen MR) is 229 cm³/mol. The quantitative estimate of drug-likeness (QED) is 0.0888. The van der Waals surface area contributed by atoms with Gasteiger partial charge in [0.1, 0.15) is 6.04 Å². The molecule has 298 valence electrons. The number of hydrogen-bond acceptors (Lipinski definition) is 7. The number of aryl methyl sites for hydroxylation is 1. The van der Waals surface area contributed by atoms with Crippen molar-refractivity contribution in [2.75, 3.05) is 5.75 Å². The Morgan fingerprint density at radius 3 is 2.07 bits per heavy atom. The summed E-state index contributed by atoms with van der Waals surface area (Å²) in [6.07, 6.45) is -0.670. The third-order valence-corrected chi connectivity index (χ3v) is 13.0. The van der Waals surface area contributed by atoms with Crippen molar-refractivity contribution in [3.63, 3.8) is 0 Å². The van der Waals surface area contributed by atoms with Crippen molar-refractivity contribution in [1.82, 2.24) is 10.0 Å². The molecule has 0 aliphatic carbocycles. The van der Waals surface area contributed by atoms with Gasteiger partial charge in [-0.25, -0.2) is 8.42 Å². The molecule has 3 N–H and O–H groups in total. The molecule has 0 saturated carbocycles. The second kappa shape index (κ2) is 19.1. The predicted octanol–water partition coefficient (Wildman–Crippen LogP) is 8.94. The highest BCUT2D eigenvalue weighted by atomic mass is 32.2. The Bertz CT molecular complexity index is 2360. The number of aliphatic hydroxyl groups excluding tert-OH is 1. The molecular weight excluding hydrogens is 765 g/mol. The standard InChI is InChI=1S/C48H48N2O6S2/c1-33-16-26-43(27-17-33)58(53,54)50-44(29-35-10-5-3-6-11-35)47(52)49-30-37-12-9-13-41(28-37)38-22-24-40(25-23-38)48-55-45(32-57-42-14-7-4-8-15-42)34(2)46(56-48)39-20-18-36(31-51)19-21-39/h3-28,34,44-46,48,50-51H,29-32H2,1-2H3,(H,49,52). The zero-order chi connectivity index (χ0) is 40.5. The molecule has 0 aromatic heterocycles. The van der Waals surface area contributed by atoms with Crippen LogP contribution in [0, 0.1) is 12.8 Å². The third kappa shape index (κ3) is 10.5. The summed E-state index contributed by atoms with van der Waals surface area (Å²) in [6, 6.07) is 49.3. The monoisotopic (exact) mass is 812 g/mol. The molecule has 1 aliphatic heterocycles. The van der Waals surface area contributed by atoms with E-state index in [1.807, 2.05) is 128 Å². The maximum absolute atomic E-state index is 13.7. The highest BCUT2D eigenvalue weighted by Crippen LogP contribution is 2.43. The van der Waals surface area contributed by atoms with Crippen LogP contribution in [-0.4, -0.2) is 37.3 Å². The minimum Gasteiger partial charge on any atom is -0.392 e. The fourth-order valence-corrected chi connectivity index (χ4v) is 9.31. The number of carbonyl (C=O) groups excluding carboxylic acids is 1. The normalized spacial score (nSPS) is 18.7. The van der Waals surface area contributed by atoms with E-state index in [9.17, 15) is 18.3 Å². The first-order chi connectivity index (χ1) is 28.1. The van der Waals surface area contributed by atoms with Gasteiger partial charge in [0, 0.05) is 28.7 Å². The fraction of sp³-hybridized carbons (Fsp3) is 0.229. The molecule has 58 heavy (non-hydrogen) atoms. The lowest BCUT2D eigenvalue weighted by Crippen LogP contribution is -2.47. The van der Waals surface area contributed by atoms with E-state index in [0.29, 0.717) is 0 Å². The molecule has 1 heterocycles. The smallest absolute Gasteiger partial charge is 0.241 e. The SMILES string of the molecule is Cc1ccc(S(=O)(=O)NC(Cc2ccccc2)C(=O)NCc2cccc(-c3ccc(C4OC(CSc5ccccc5)C(C)C(c5ccc(CO)cc5)O4)cc3)c2)cc1. The van der Waals surface area contributed by atoms with Crippen LogP contribution in [-0.2, 0) is 43.9 Å². The van der Waals surface area contributed by atoms with Crippen LogP contribution in [0.15, 0.2) is 168 Å². The molecule has 1 amide bonds. The van der Waals surface area contributed by atoms with E-state index in [1.54, 1.807) is 36.0 Å². The summed E-state index contributed by atoms with van der Waals surface area (Å²) < 4.78 is 42.7. The van der Waals surface area contributed by atoms with E-state index in [1.165, 1.54) is 4.90 Å². The highest BCUT2D eigenvalue weighted by Gasteiger charge is 2.38. The third-order valence-electron chi connectivity index (χ3n) is 10.4. The minimum absolute atomic E-state index is 0.0125. The van der Waals surface area contributed by atoms with Crippen LogP contribution >= 0.6 is 11.8 Å². The zero-order valence-corrected chi connectivity index (χ0v) is 34.2. The fourth-order valence-electron chi connectivity index (χ4n) is 7.02. The number of thioether (sulfide) groups is 1. The summed E-state index contributed by atoms with van der Waals surface area (Å²) >= 11 is 1.77. The molecule has 7 rings (SSSR count). The summed E-state index contributed by atoms with van der Waals surface area (Å²) in [4.78, 5) is 14.9. The van der Waals surface area contributed by atoms with Gasteiger partial charge in [-0.3, -0.25) is 4.79 Å². The maximum Gasteiger partial charge on any atom is 0.241 e. The molecule has 0 radical (unpaired) electrons. The van der Waals surface area contributed by atoms with Gasteiger partial charge in [0.2, 0.25) is 15.9 Å². The van der Waals surface area contributed by atoms with Gasteiger partial charge in [-0.05, 0) is 77.1 Å². The van der Waals surface area contributed by atoms with Gasteiger partial charge in [-0.1, -0.05) is 140 Å². The Morgan fingerprint density at radius 2 is 1.38 bits per heavy atom. The van der Waals surface area contributed by atoms with Gasteiger partial charge >= 0.3 is 0 Å². The Kier molecular flexibility index (Phi) is 13.6. The molecule has 5 unspecified atom stereocenters. The lowest BCUT2D eigenvalue weighted by molar-refractivity contribution is -0.268. The average molecular weight is 813 g/mol. The number of aliphatic hydroxyl groups is 1. The van der Waals surface area contributed by atoms with Gasteiger partial charge in [-0.15, -0.1) is 11.8 Å². The highest BCUT2D eigenvalue weighted by molar-refractivity contribution is 7.99. The van der Waals surface area contributed by atoms with Crippen molar-refractivity contribution in [1.29, 1.82) is 0 Å². The molecule has 0 bridgehead atoms. The molecule has 1 aliphatic rings. The van der Waals surface area contributed by atoms with E-state index in [-0.39, 0.29) is 42.6 Å². The van der Waals surface area contributed by atoms with E-state index in [0.717, 1.165) is 50.3 Å². The van der Waals surface area contributed by atoms with Gasteiger partial charge in [0.25, 0.3) is 0 Å². The van der Waals surface area contributed by atoms with Crippen molar-refractivity contribution in [2.24, 2.45) is 5.92 Å². The first-order valence-corrected chi connectivity index (χ1v) is 21.9. The number of benzene rings is 6. The Balaban J connectivity index is 1.04. The second-order valence-corrected chi connectivity index (χ2v) is 17.5. The van der Waals surface area contributed by atoms with Crippen LogP contribution in [0.4, 0.5) is 0 Å². The van der Waals surface area contributed by atoms with E-state index >= 15 is 0 Å². The molecule has 6 aromatic rings. The average Bonchev–Trinajstić information content (AvgIpc) is 3.26. The number of nitrogens with one attached hydrogen (secondary N) is 2. The molecular formula is C48H48N2O6S2. The minimum atomic E-state index is -3.96. The lowest BCUT2D eigenvalue weighted by Gasteiger charge is -2.41. The Hall–Kier alpha value is -5.07. The van der Waals surface area contributed by atoms with Gasteiger partial charge in [0.15, 0.2) is 6.29 Å². The number of carbonyl (C=O) groups is 1. The van der Waals surface area contributed by atoms with Crippen molar-refractivity contribution < 1.29 is 27.8 Å². The van der Waals surface area contributed by atoms with Crippen LogP contribution in [0.2, 0.25) is 0 Å². The second-order valence-electron chi connectivity index (χ2n) is 14.7. The molecule has 1 fully saturated rings. The number of sulfonamides is 1. The van der Waals surface area contributed by atoms with Crippen molar-refractivity contribution in [3.05, 3.63) is 191 Å². The molecule has 8 nitrogen and oxygen atoms in total. The van der Waals surface area contributed by atoms with Gasteiger partial charge < -0.3 is 19.9 Å². The summed E-state index contributed by atoms with van der Waals surface area (Å²) in [5, 5.41) is 12.6. The summed E-state index contributed by atoms with van der Waals surface area (Å²) in [6.45, 7) is 4.26. The number of amides is 1. The van der Waals surface area contributed by atoms with E-state index < -0.39 is 28.3 Å². The summed E-state index contributed by atoms with van der Waals surface area (Å²) in [7, 11) is -3.96. The van der Waals surface area contributed by atoms with Crippen LogP contribution in [0.3, 0.4) is 0 Å². The number of rotatable bonds is 15. The van der Waals surface area contributed by atoms with Crippen molar-refractivity contribution in [3.8, 4) is 11.1 Å². The van der Waals surface area contributed by atoms with E-state index in [2.05, 4.69) is 29.1 Å². The summed E-state index contributed by atoms with van der Waals surface area (Å²) in [5.41, 5.74) is 7.41. The van der Waals surface area contributed by atoms with Crippen LogP contribution in [0.1, 0.15) is 52.7 Å². The van der Waals surface area contributed by atoms with Crippen molar-refractivity contribution in [2.45, 2.75) is 67.8 Å². The summed E-state index contributed by atoms with van der Waals surface area (Å²) in [5.74, 6) is 0.430. The van der Waals surface area contributed by atoms with Gasteiger partial charge in [0.05, 0.1) is 23.7 Å². The Labute approximate surface area is 345 Å². The van der Waals surface area contributed by atoms with Gasteiger partial charge in [-0.2, -0.15) is 4.72 Å². The topological polar surface area (TPSA) is 114 Å². The number of hydrogen-bond donors (Lipinski definition) is 3. The van der Waals surface area contributed by atoms with Crippen LogP contribution in [0.5, 0.6) is 0 Å².